The van der Waals surface area contributed by atoms with Crippen molar-refractivity contribution in [2.24, 2.45) is 4.99 Å². The molecule has 2 atom stereocenters. The third kappa shape index (κ3) is 4.85. The number of nitrogens with one attached hydrogen (secondary N) is 1. The maximum absolute atomic E-state index is 14.9. The summed E-state index contributed by atoms with van der Waals surface area (Å²) < 4.78 is 42.9. The number of aromatic nitrogens is 1. The molecule has 1 aliphatic rings. The van der Waals surface area contributed by atoms with Crippen molar-refractivity contribution in [1.29, 1.82) is 0 Å². The molecular weight excluding hydrogens is 431 g/mol. The van der Waals surface area contributed by atoms with Gasteiger partial charge in [-0.25, -0.2) is 13.2 Å². The van der Waals surface area contributed by atoms with Gasteiger partial charge in [0.05, 0.1) is 36.2 Å². The smallest absolute Gasteiger partial charge is 0.252 e. The Morgan fingerprint density at radius 1 is 1.06 bits per heavy atom. The molecule has 1 aromatic heterocycles. The average Bonchev–Trinajstić information content (AvgIpc) is 3.32. The van der Waals surface area contributed by atoms with Gasteiger partial charge in [-0.15, -0.1) is 0 Å². The number of nitrogens with zero attached hydrogens (tertiary/aromatic N) is 2. The second-order valence-corrected chi connectivity index (χ2v) is 7.46. The number of carbonyl (C=O) groups excluding carboxylic acids is 1. The fraction of sp³-hybridized carbons (Fsp3) is 0.160. The topological polar surface area (TPSA) is 74.6 Å². The molecule has 0 saturated carbocycles. The van der Waals surface area contributed by atoms with Crippen LogP contribution in [0.15, 0.2) is 77.9 Å². The number of aliphatic hydroxyl groups is 1. The van der Waals surface area contributed by atoms with Gasteiger partial charge >= 0.3 is 0 Å². The predicted octanol–water partition coefficient (Wildman–Crippen LogP) is 4.05. The van der Waals surface area contributed by atoms with Crippen molar-refractivity contribution in [2.75, 3.05) is 13.2 Å². The molecule has 1 aliphatic heterocycles. The highest BCUT2D eigenvalue weighted by Crippen LogP contribution is 2.26. The number of aliphatic imine (C=N–C) groups is 1. The number of rotatable bonds is 7. The molecule has 4 rings (SSSR count). The standard InChI is InChI=1S/C25H20F3N3O2/c26-17-9-7-15(8-10-17)16-12-21(30-13-16)23-18(4-3-5-19(23)27)25(33)31-22(14-32)24(28)20-6-1-2-11-29-20/h1-12,22,24,32H,13-14H2,(H,31,33)/t22-,24?/m0/s1. The number of halogens is 3. The largest absolute Gasteiger partial charge is 0.394 e. The summed E-state index contributed by atoms with van der Waals surface area (Å²) in [6.45, 7) is -0.439. The Labute approximate surface area is 188 Å². The number of hydrogen-bond acceptors (Lipinski definition) is 4. The second-order valence-electron chi connectivity index (χ2n) is 7.46. The first-order chi connectivity index (χ1) is 16.0. The lowest BCUT2D eigenvalue weighted by Gasteiger charge is -2.21. The number of pyridine rings is 1. The van der Waals surface area contributed by atoms with Gasteiger partial charge in [0.1, 0.15) is 11.6 Å². The van der Waals surface area contributed by atoms with Crippen molar-refractivity contribution in [3.8, 4) is 0 Å². The lowest BCUT2D eigenvalue weighted by Crippen LogP contribution is -2.41. The van der Waals surface area contributed by atoms with Gasteiger partial charge in [-0.05, 0) is 53.6 Å². The van der Waals surface area contributed by atoms with E-state index in [1.807, 2.05) is 0 Å². The number of amides is 1. The molecule has 0 saturated heterocycles. The van der Waals surface area contributed by atoms with Crippen molar-refractivity contribution in [1.82, 2.24) is 10.3 Å². The van der Waals surface area contributed by atoms with E-state index in [1.165, 1.54) is 42.6 Å². The van der Waals surface area contributed by atoms with Crippen LogP contribution in [0.3, 0.4) is 0 Å². The monoisotopic (exact) mass is 451 g/mol. The van der Waals surface area contributed by atoms with Crippen LogP contribution in [0.1, 0.15) is 33.4 Å². The molecule has 0 aliphatic carbocycles. The van der Waals surface area contributed by atoms with Crippen LogP contribution in [-0.4, -0.2) is 40.9 Å². The van der Waals surface area contributed by atoms with Crippen molar-refractivity contribution < 1.29 is 23.1 Å². The van der Waals surface area contributed by atoms with Crippen LogP contribution in [0.2, 0.25) is 0 Å². The zero-order valence-corrected chi connectivity index (χ0v) is 17.4. The molecular formula is C25H20F3N3O2. The van der Waals surface area contributed by atoms with Crippen LogP contribution in [0.4, 0.5) is 13.2 Å². The van der Waals surface area contributed by atoms with Crippen molar-refractivity contribution in [3.05, 3.63) is 107 Å². The van der Waals surface area contributed by atoms with Crippen LogP contribution < -0.4 is 5.32 Å². The van der Waals surface area contributed by atoms with Crippen molar-refractivity contribution >= 4 is 17.2 Å². The third-order valence-electron chi connectivity index (χ3n) is 5.30. The zero-order valence-electron chi connectivity index (χ0n) is 17.4. The Morgan fingerprint density at radius 2 is 1.85 bits per heavy atom. The molecule has 33 heavy (non-hydrogen) atoms. The van der Waals surface area contributed by atoms with E-state index in [2.05, 4.69) is 15.3 Å². The Balaban J connectivity index is 1.60. The molecule has 2 aromatic carbocycles. The highest BCUT2D eigenvalue weighted by atomic mass is 19.1. The molecule has 1 amide bonds. The summed E-state index contributed by atoms with van der Waals surface area (Å²) in [4.78, 5) is 21.2. The molecule has 2 heterocycles. The molecule has 0 spiro atoms. The molecule has 0 bridgehead atoms. The summed E-state index contributed by atoms with van der Waals surface area (Å²) in [6.07, 6.45) is 1.29. The van der Waals surface area contributed by atoms with E-state index in [9.17, 15) is 23.1 Å². The second kappa shape index (κ2) is 9.79. The van der Waals surface area contributed by atoms with Crippen LogP contribution in [0.5, 0.6) is 0 Å². The Kier molecular flexibility index (Phi) is 6.65. The normalized spacial score (nSPS) is 14.9. The maximum Gasteiger partial charge on any atom is 0.252 e. The Morgan fingerprint density at radius 3 is 2.55 bits per heavy atom. The van der Waals surface area contributed by atoms with E-state index in [4.69, 9.17) is 0 Å². The lowest BCUT2D eigenvalue weighted by molar-refractivity contribution is 0.0860. The minimum Gasteiger partial charge on any atom is -0.394 e. The molecule has 1 unspecified atom stereocenters. The highest BCUT2D eigenvalue weighted by molar-refractivity contribution is 6.19. The minimum absolute atomic E-state index is 0.0305. The van der Waals surface area contributed by atoms with E-state index >= 15 is 0 Å². The van der Waals surface area contributed by atoms with Gasteiger partial charge in [0.15, 0.2) is 6.17 Å². The van der Waals surface area contributed by atoms with E-state index < -0.39 is 30.5 Å². The van der Waals surface area contributed by atoms with Crippen molar-refractivity contribution in [2.45, 2.75) is 12.2 Å². The average molecular weight is 451 g/mol. The van der Waals surface area contributed by atoms with Crippen LogP contribution in [0, 0.1) is 11.6 Å². The molecule has 5 nitrogen and oxygen atoms in total. The number of allylic oxidation sites excluding steroid dienone is 1. The first-order valence-corrected chi connectivity index (χ1v) is 10.2. The quantitative estimate of drug-likeness (QED) is 0.569. The zero-order chi connectivity index (χ0) is 23.4. The van der Waals surface area contributed by atoms with Crippen molar-refractivity contribution in [3.63, 3.8) is 0 Å². The third-order valence-corrected chi connectivity index (χ3v) is 5.30. The van der Waals surface area contributed by atoms with Gasteiger partial charge < -0.3 is 10.4 Å². The molecule has 3 aromatic rings. The van der Waals surface area contributed by atoms with Gasteiger partial charge in [-0.1, -0.05) is 24.3 Å². The summed E-state index contributed by atoms with van der Waals surface area (Å²) >= 11 is 0. The van der Waals surface area contributed by atoms with Crippen LogP contribution >= 0.6 is 0 Å². The molecule has 168 valence electrons. The first-order valence-electron chi connectivity index (χ1n) is 10.2. The molecule has 8 heteroatoms. The van der Waals surface area contributed by atoms with Gasteiger partial charge in [0.2, 0.25) is 0 Å². The van der Waals surface area contributed by atoms with E-state index in [-0.39, 0.29) is 34.9 Å². The van der Waals surface area contributed by atoms with E-state index in [1.54, 1.807) is 30.3 Å². The predicted molar refractivity (Wildman–Crippen MR) is 119 cm³/mol. The summed E-state index contributed by atoms with van der Waals surface area (Å²) in [5, 5.41) is 12.1. The first kappa shape index (κ1) is 22.4. The number of benzene rings is 2. The van der Waals surface area contributed by atoms with E-state index in [0.29, 0.717) is 0 Å². The fourth-order valence-corrected chi connectivity index (χ4v) is 3.59. The van der Waals surface area contributed by atoms with Crippen LogP contribution in [-0.2, 0) is 0 Å². The Hall–Kier alpha value is -3.78. The minimum atomic E-state index is -1.76. The fourth-order valence-electron chi connectivity index (χ4n) is 3.59. The molecule has 2 N–H and O–H groups in total. The van der Waals surface area contributed by atoms with Gasteiger partial charge in [0.25, 0.3) is 5.91 Å². The number of hydrogen-bond donors (Lipinski definition) is 2. The van der Waals surface area contributed by atoms with E-state index in [0.717, 1.165) is 11.1 Å². The highest BCUT2D eigenvalue weighted by Gasteiger charge is 2.28. The molecule has 0 radical (unpaired) electrons. The number of aliphatic hydroxyl groups excluding tert-OH is 1. The summed E-state index contributed by atoms with van der Waals surface area (Å²) in [5.41, 5.74) is 1.71. The number of carbonyl (C=O) groups is 1. The summed E-state index contributed by atoms with van der Waals surface area (Å²) in [7, 11) is 0. The Bertz CT molecular complexity index is 1210. The van der Waals surface area contributed by atoms with Gasteiger partial charge in [-0.3, -0.25) is 14.8 Å². The molecule has 0 fully saturated rings. The lowest BCUT2D eigenvalue weighted by atomic mass is 9.99. The van der Waals surface area contributed by atoms with Crippen LogP contribution in [0.25, 0.3) is 5.57 Å². The summed E-state index contributed by atoms with van der Waals surface area (Å²) in [6, 6.07) is 13.2. The summed E-state index contributed by atoms with van der Waals surface area (Å²) in [5.74, 6) is -1.80. The number of alkyl halides is 1. The van der Waals surface area contributed by atoms with Gasteiger partial charge in [0, 0.05) is 11.8 Å². The van der Waals surface area contributed by atoms with Gasteiger partial charge in [-0.2, -0.15) is 0 Å². The maximum atomic E-state index is 14.9. The SMILES string of the molecule is O=C(N[C@@H](CO)C(F)c1ccccn1)c1cccc(F)c1C1=NCC(c2ccc(F)cc2)=C1.